The van der Waals surface area contributed by atoms with Crippen LogP contribution in [0.5, 0.6) is 17.2 Å². The molecule has 2 rings (SSSR count). The van der Waals surface area contributed by atoms with Crippen molar-refractivity contribution in [3.63, 3.8) is 0 Å². The summed E-state index contributed by atoms with van der Waals surface area (Å²) < 4.78 is 6.30. The highest BCUT2D eigenvalue weighted by Gasteiger charge is 2.27. The maximum absolute atomic E-state index is 12.6. The topological polar surface area (TPSA) is 61.8 Å². The van der Waals surface area contributed by atoms with Crippen LogP contribution in [0.2, 0.25) is 0 Å². The molecule has 164 valence electrons. The first-order valence-corrected chi connectivity index (χ1v) is 10.6. The lowest BCUT2D eigenvalue weighted by Gasteiger charge is -2.30. The molecule has 0 aliphatic rings. The van der Waals surface area contributed by atoms with Crippen LogP contribution in [0, 0.1) is 0 Å². The van der Waals surface area contributed by atoms with Crippen molar-refractivity contribution in [3.05, 3.63) is 53.1 Å². The number of phenolic OH excluding ortho intramolecular Hbond substituents is 1. The third kappa shape index (κ3) is 5.33. The van der Waals surface area contributed by atoms with Crippen LogP contribution < -0.4 is 10.2 Å². The Bertz CT molecular complexity index is 901. The fourth-order valence-corrected chi connectivity index (χ4v) is 3.13. The number of rotatable bonds is 8. The van der Waals surface area contributed by atoms with E-state index in [1.165, 1.54) is 17.7 Å². The normalized spacial score (nSPS) is 12.2. The first kappa shape index (κ1) is 23.7. The number of hydrogen-bond acceptors (Lipinski definition) is 4. The number of nitrogens with one attached hydrogen (secondary N) is 1. The monoisotopic (exact) mass is 412 g/mol. The average Bonchev–Trinajstić information content (AvgIpc) is 2.68. The summed E-state index contributed by atoms with van der Waals surface area (Å²) in [6.45, 7) is 13.3. The van der Waals surface area contributed by atoms with Gasteiger partial charge in [-0.3, -0.25) is 10.2 Å². The number of phenols is 1. The number of hydrazine groups is 1. The van der Waals surface area contributed by atoms with Crippen molar-refractivity contribution in [1.82, 2.24) is 10.4 Å². The Kier molecular flexibility index (Phi) is 7.19. The van der Waals surface area contributed by atoms with Crippen molar-refractivity contribution in [1.29, 1.82) is 0 Å². The Balaban J connectivity index is 2.57. The zero-order chi connectivity index (χ0) is 22.7. The average molecular weight is 413 g/mol. The molecule has 0 unspecified atom stereocenters. The van der Waals surface area contributed by atoms with Gasteiger partial charge >= 0.3 is 0 Å². The number of hydrogen-bond donors (Lipinski definition) is 2. The highest BCUT2D eigenvalue weighted by Crippen LogP contribution is 2.40. The number of carbonyl (C=O) groups is 1. The number of ether oxygens (including phenoxy) is 1. The molecule has 0 aromatic heterocycles. The van der Waals surface area contributed by atoms with Gasteiger partial charge in [-0.1, -0.05) is 53.7 Å². The first-order valence-electron chi connectivity index (χ1n) is 10.6. The smallest absolute Gasteiger partial charge is 0.269 e. The quantitative estimate of drug-likeness (QED) is 0.541. The number of benzene rings is 2. The summed E-state index contributed by atoms with van der Waals surface area (Å²) in [4.78, 5) is 12.6. The van der Waals surface area contributed by atoms with E-state index in [2.05, 4.69) is 59.1 Å². The molecule has 5 nitrogen and oxygen atoms in total. The second-order valence-electron chi connectivity index (χ2n) is 9.30. The van der Waals surface area contributed by atoms with Crippen LogP contribution in [0.25, 0.3) is 0 Å². The van der Waals surface area contributed by atoms with Crippen LogP contribution in [0.3, 0.4) is 0 Å². The molecule has 0 saturated heterocycles. The highest BCUT2D eigenvalue weighted by atomic mass is 16.5. The molecular weight excluding hydrogens is 376 g/mol. The zero-order valence-corrected chi connectivity index (χ0v) is 19.6. The van der Waals surface area contributed by atoms with E-state index in [9.17, 15) is 9.90 Å². The largest absolute Gasteiger partial charge is 0.508 e. The SMILES string of the molecule is CCC(C)(C)c1ccc(Oc2ccc(O)cc2C(=O)NN(C)C)c(C(C)(C)CC)c1. The molecule has 2 aromatic rings. The molecule has 30 heavy (non-hydrogen) atoms. The lowest BCUT2D eigenvalue weighted by Crippen LogP contribution is -2.36. The van der Waals surface area contributed by atoms with Gasteiger partial charge in [-0.25, -0.2) is 5.01 Å². The standard InChI is InChI=1S/C25H36N2O3/c1-9-24(3,4)17-11-13-22(20(15-17)25(5,6)10-2)30-21-14-12-18(28)16-19(21)23(29)26-27(7)8/h11-16,28H,9-10H2,1-8H3,(H,26,29). The van der Waals surface area contributed by atoms with Crippen molar-refractivity contribution < 1.29 is 14.6 Å². The van der Waals surface area contributed by atoms with Crippen LogP contribution in [-0.4, -0.2) is 30.1 Å². The summed E-state index contributed by atoms with van der Waals surface area (Å²) in [5.74, 6) is 0.802. The molecule has 0 atom stereocenters. The van der Waals surface area contributed by atoms with Gasteiger partial charge in [0, 0.05) is 19.7 Å². The van der Waals surface area contributed by atoms with Gasteiger partial charge < -0.3 is 9.84 Å². The first-order chi connectivity index (χ1) is 13.9. The van der Waals surface area contributed by atoms with Gasteiger partial charge in [-0.2, -0.15) is 0 Å². The number of amides is 1. The van der Waals surface area contributed by atoms with E-state index in [-0.39, 0.29) is 28.1 Å². The van der Waals surface area contributed by atoms with Crippen LogP contribution in [-0.2, 0) is 10.8 Å². The molecule has 0 heterocycles. The fourth-order valence-electron chi connectivity index (χ4n) is 3.13. The molecule has 1 amide bonds. The molecule has 5 heteroatoms. The Hall–Kier alpha value is -2.53. The van der Waals surface area contributed by atoms with Crippen LogP contribution >= 0.6 is 0 Å². The third-order valence-electron chi connectivity index (χ3n) is 6.01. The van der Waals surface area contributed by atoms with Crippen molar-refractivity contribution in [2.75, 3.05) is 14.1 Å². The maximum atomic E-state index is 12.6. The summed E-state index contributed by atoms with van der Waals surface area (Å²) >= 11 is 0. The number of carbonyl (C=O) groups excluding carboxylic acids is 1. The summed E-state index contributed by atoms with van der Waals surface area (Å²) in [5.41, 5.74) is 5.33. The van der Waals surface area contributed by atoms with Gasteiger partial charge in [0.25, 0.3) is 5.91 Å². The van der Waals surface area contributed by atoms with E-state index in [0.717, 1.165) is 24.2 Å². The van der Waals surface area contributed by atoms with E-state index in [1.54, 1.807) is 25.2 Å². The zero-order valence-electron chi connectivity index (χ0n) is 19.6. The Morgan fingerprint density at radius 3 is 2.13 bits per heavy atom. The molecule has 0 aliphatic heterocycles. The summed E-state index contributed by atoms with van der Waals surface area (Å²) in [6.07, 6.45) is 1.98. The van der Waals surface area contributed by atoms with Crippen molar-refractivity contribution in [2.45, 2.75) is 65.2 Å². The summed E-state index contributed by atoms with van der Waals surface area (Å²) in [7, 11) is 3.47. The molecule has 0 fully saturated rings. The molecule has 0 aliphatic carbocycles. The number of aromatic hydroxyl groups is 1. The second kappa shape index (κ2) is 9.09. The minimum atomic E-state index is -0.342. The molecule has 0 spiro atoms. The molecule has 2 aromatic carbocycles. The molecule has 0 bridgehead atoms. The molecule has 2 N–H and O–H groups in total. The Morgan fingerprint density at radius 2 is 1.57 bits per heavy atom. The van der Waals surface area contributed by atoms with E-state index < -0.39 is 0 Å². The maximum Gasteiger partial charge on any atom is 0.269 e. The van der Waals surface area contributed by atoms with Crippen molar-refractivity contribution in [2.24, 2.45) is 0 Å². The highest BCUT2D eigenvalue weighted by molar-refractivity contribution is 5.97. The Morgan fingerprint density at radius 1 is 0.967 bits per heavy atom. The summed E-state index contributed by atoms with van der Waals surface area (Å²) in [6, 6.07) is 10.9. The second-order valence-corrected chi connectivity index (χ2v) is 9.30. The van der Waals surface area contributed by atoms with Crippen LogP contribution in [0.15, 0.2) is 36.4 Å². The van der Waals surface area contributed by atoms with Gasteiger partial charge in [0.15, 0.2) is 0 Å². The Labute approximate surface area is 181 Å². The lowest BCUT2D eigenvalue weighted by molar-refractivity contribution is 0.0854. The summed E-state index contributed by atoms with van der Waals surface area (Å²) in [5, 5.41) is 11.5. The number of nitrogens with zero attached hydrogens (tertiary/aromatic N) is 1. The predicted molar refractivity (Wildman–Crippen MR) is 122 cm³/mol. The van der Waals surface area contributed by atoms with Crippen LogP contribution in [0.1, 0.15) is 75.9 Å². The predicted octanol–water partition coefficient (Wildman–Crippen LogP) is 5.77. The van der Waals surface area contributed by atoms with Gasteiger partial charge in [-0.15, -0.1) is 0 Å². The van der Waals surface area contributed by atoms with E-state index >= 15 is 0 Å². The third-order valence-corrected chi connectivity index (χ3v) is 6.01. The molecule has 0 saturated carbocycles. The minimum Gasteiger partial charge on any atom is -0.508 e. The van der Waals surface area contributed by atoms with Crippen molar-refractivity contribution in [3.8, 4) is 17.2 Å². The lowest BCUT2D eigenvalue weighted by atomic mass is 9.76. The minimum absolute atomic E-state index is 0.0143. The fraction of sp³-hybridized carbons (Fsp3) is 0.480. The van der Waals surface area contributed by atoms with Gasteiger partial charge in [0.1, 0.15) is 17.2 Å². The van der Waals surface area contributed by atoms with E-state index in [1.807, 2.05) is 6.07 Å². The molecule has 0 radical (unpaired) electrons. The van der Waals surface area contributed by atoms with Gasteiger partial charge in [0.05, 0.1) is 5.56 Å². The molecular formula is C25H36N2O3. The van der Waals surface area contributed by atoms with E-state index in [0.29, 0.717) is 5.75 Å². The van der Waals surface area contributed by atoms with Gasteiger partial charge in [-0.05, 0) is 53.5 Å². The van der Waals surface area contributed by atoms with Crippen molar-refractivity contribution >= 4 is 5.91 Å². The van der Waals surface area contributed by atoms with Crippen LogP contribution in [0.4, 0.5) is 0 Å². The van der Waals surface area contributed by atoms with Gasteiger partial charge in [0.2, 0.25) is 0 Å². The van der Waals surface area contributed by atoms with E-state index in [4.69, 9.17) is 4.74 Å².